The zero-order valence-corrected chi connectivity index (χ0v) is 9.59. The molecule has 0 saturated carbocycles. The number of benzene rings is 2. The Morgan fingerprint density at radius 2 is 1.88 bits per heavy atom. The van der Waals surface area contributed by atoms with Crippen molar-refractivity contribution < 1.29 is 0 Å². The van der Waals surface area contributed by atoms with E-state index in [0.29, 0.717) is 5.56 Å². The van der Waals surface area contributed by atoms with Crippen molar-refractivity contribution in [3.05, 3.63) is 65.2 Å². The Balaban J connectivity index is 2.17. The van der Waals surface area contributed by atoms with E-state index in [1.165, 1.54) is 5.56 Å². The second-order valence-electron chi connectivity index (χ2n) is 3.83. The lowest BCUT2D eigenvalue weighted by Gasteiger charge is -1.96. The summed E-state index contributed by atoms with van der Waals surface area (Å²) in [4.78, 5) is 4.38. The SMILES string of the molecule is Cc1cccc(/N=C/c2ccc(C#N)cc2)c1. The minimum atomic E-state index is 0.665. The number of nitriles is 1. The summed E-state index contributed by atoms with van der Waals surface area (Å²) < 4.78 is 0. The lowest BCUT2D eigenvalue weighted by molar-refractivity contribution is 1.43. The van der Waals surface area contributed by atoms with Gasteiger partial charge in [-0.1, -0.05) is 24.3 Å². The molecule has 2 heteroatoms. The van der Waals surface area contributed by atoms with Crippen LogP contribution in [0.5, 0.6) is 0 Å². The first kappa shape index (κ1) is 11.1. The monoisotopic (exact) mass is 220 g/mol. The Morgan fingerprint density at radius 1 is 1.12 bits per heavy atom. The van der Waals surface area contributed by atoms with Crippen molar-refractivity contribution in [3.63, 3.8) is 0 Å². The van der Waals surface area contributed by atoms with Crippen molar-refractivity contribution in [1.29, 1.82) is 5.26 Å². The summed E-state index contributed by atoms with van der Waals surface area (Å²) in [5, 5.41) is 8.68. The first-order valence-corrected chi connectivity index (χ1v) is 5.39. The zero-order valence-electron chi connectivity index (χ0n) is 9.59. The molecule has 0 spiro atoms. The molecule has 0 saturated heterocycles. The molecular formula is C15H12N2. The highest BCUT2D eigenvalue weighted by Gasteiger charge is 1.91. The summed E-state index contributed by atoms with van der Waals surface area (Å²) in [5.74, 6) is 0. The molecule has 0 aromatic heterocycles. The van der Waals surface area contributed by atoms with Crippen LogP contribution < -0.4 is 0 Å². The Hall–Kier alpha value is -2.40. The third-order valence-corrected chi connectivity index (χ3v) is 2.40. The second kappa shape index (κ2) is 5.09. The maximum Gasteiger partial charge on any atom is 0.0991 e. The van der Waals surface area contributed by atoms with Gasteiger partial charge in [0, 0.05) is 6.21 Å². The van der Waals surface area contributed by atoms with Crippen LogP contribution >= 0.6 is 0 Å². The zero-order chi connectivity index (χ0) is 12.1. The van der Waals surface area contributed by atoms with E-state index in [9.17, 15) is 0 Å². The van der Waals surface area contributed by atoms with Crippen LogP contribution in [0, 0.1) is 18.3 Å². The average molecular weight is 220 g/mol. The molecular weight excluding hydrogens is 208 g/mol. The molecule has 0 amide bonds. The molecule has 0 bridgehead atoms. The highest BCUT2D eigenvalue weighted by Crippen LogP contribution is 2.13. The van der Waals surface area contributed by atoms with Gasteiger partial charge in [0.2, 0.25) is 0 Å². The molecule has 0 atom stereocenters. The molecule has 0 radical (unpaired) electrons. The van der Waals surface area contributed by atoms with Gasteiger partial charge in [-0.2, -0.15) is 5.26 Å². The third-order valence-electron chi connectivity index (χ3n) is 2.40. The van der Waals surface area contributed by atoms with Crippen LogP contribution in [-0.4, -0.2) is 6.21 Å². The Labute approximate surface area is 101 Å². The van der Waals surface area contributed by atoms with Gasteiger partial charge in [0.05, 0.1) is 17.3 Å². The fraction of sp³-hybridized carbons (Fsp3) is 0.0667. The fourth-order valence-corrected chi connectivity index (χ4v) is 1.50. The second-order valence-corrected chi connectivity index (χ2v) is 3.83. The molecule has 0 heterocycles. The normalized spacial score (nSPS) is 10.4. The minimum Gasteiger partial charge on any atom is -0.256 e. The number of aliphatic imine (C=N–C) groups is 1. The van der Waals surface area contributed by atoms with Crippen LogP contribution in [0.25, 0.3) is 0 Å². The number of nitrogens with zero attached hydrogens (tertiary/aromatic N) is 2. The van der Waals surface area contributed by atoms with Gasteiger partial charge < -0.3 is 0 Å². The fourth-order valence-electron chi connectivity index (χ4n) is 1.50. The van der Waals surface area contributed by atoms with Crippen LogP contribution in [0.2, 0.25) is 0 Å². The summed E-state index contributed by atoms with van der Waals surface area (Å²) in [6.07, 6.45) is 1.80. The summed E-state index contributed by atoms with van der Waals surface area (Å²) in [6, 6.07) is 17.5. The van der Waals surface area contributed by atoms with Gasteiger partial charge >= 0.3 is 0 Å². The molecule has 2 aromatic rings. The van der Waals surface area contributed by atoms with E-state index < -0.39 is 0 Å². The maximum absolute atomic E-state index is 8.68. The van der Waals surface area contributed by atoms with Gasteiger partial charge in [-0.3, -0.25) is 4.99 Å². The molecule has 82 valence electrons. The lowest BCUT2D eigenvalue weighted by Crippen LogP contribution is -1.81. The molecule has 17 heavy (non-hydrogen) atoms. The van der Waals surface area contributed by atoms with Crippen molar-refractivity contribution in [2.45, 2.75) is 6.92 Å². The predicted octanol–water partition coefficient (Wildman–Crippen LogP) is 3.62. The van der Waals surface area contributed by atoms with E-state index in [0.717, 1.165) is 11.3 Å². The van der Waals surface area contributed by atoms with Gasteiger partial charge in [-0.25, -0.2) is 0 Å². The van der Waals surface area contributed by atoms with Gasteiger partial charge in [0.25, 0.3) is 0 Å². The highest BCUT2D eigenvalue weighted by atomic mass is 14.7. The van der Waals surface area contributed by atoms with Gasteiger partial charge in [-0.05, 0) is 42.3 Å². The Kier molecular flexibility index (Phi) is 3.32. The number of aryl methyl sites for hydroxylation is 1. The molecule has 0 aliphatic rings. The molecule has 2 rings (SSSR count). The lowest BCUT2D eigenvalue weighted by atomic mass is 10.1. The largest absolute Gasteiger partial charge is 0.256 e. The van der Waals surface area contributed by atoms with Crippen LogP contribution in [0.3, 0.4) is 0 Å². The Morgan fingerprint density at radius 3 is 2.53 bits per heavy atom. The van der Waals surface area contributed by atoms with Gasteiger partial charge in [-0.15, -0.1) is 0 Å². The van der Waals surface area contributed by atoms with E-state index >= 15 is 0 Å². The van der Waals surface area contributed by atoms with Crippen LogP contribution in [0.1, 0.15) is 16.7 Å². The molecule has 0 aliphatic carbocycles. The summed E-state index contributed by atoms with van der Waals surface area (Å²) in [6.45, 7) is 2.04. The highest BCUT2D eigenvalue weighted by molar-refractivity contribution is 5.82. The first-order valence-electron chi connectivity index (χ1n) is 5.39. The third kappa shape index (κ3) is 3.02. The van der Waals surface area contributed by atoms with Crippen LogP contribution in [0.4, 0.5) is 5.69 Å². The first-order chi connectivity index (χ1) is 8.28. The molecule has 0 N–H and O–H groups in total. The van der Waals surface area contributed by atoms with Crippen molar-refractivity contribution in [1.82, 2.24) is 0 Å². The van der Waals surface area contributed by atoms with E-state index in [-0.39, 0.29) is 0 Å². The van der Waals surface area contributed by atoms with Crippen LogP contribution in [-0.2, 0) is 0 Å². The molecule has 0 aliphatic heterocycles. The maximum atomic E-state index is 8.68. The average Bonchev–Trinajstić information content (AvgIpc) is 2.37. The van der Waals surface area contributed by atoms with Crippen molar-refractivity contribution >= 4 is 11.9 Å². The quantitative estimate of drug-likeness (QED) is 0.712. The van der Waals surface area contributed by atoms with Crippen molar-refractivity contribution in [2.24, 2.45) is 4.99 Å². The summed E-state index contributed by atoms with van der Waals surface area (Å²) in [7, 11) is 0. The van der Waals surface area contributed by atoms with E-state index in [2.05, 4.69) is 11.1 Å². The van der Waals surface area contributed by atoms with E-state index in [1.54, 1.807) is 18.3 Å². The summed E-state index contributed by atoms with van der Waals surface area (Å²) in [5.41, 5.74) is 3.79. The predicted molar refractivity (Wildman–Crippen MR) is 69.6 cm³/mol. The van der Waals surface area contributed by atoms with E-state index in [1.807, 2.05) is 43.3 Å². The summed E-state index contributed by atoms with van der Waals surface area (Å²) >= 11 is 0. The van der Waals surface area contributed by atoms with E-state index in [4.69, 9.17) is 5.26 Å². The molecule has 0 unspecified atom stereocenters. The van der Waals surface area contributed by atoms with Gasteiger partial charge in [0.1, 0.15) is 0 Å². The standard InChI is InChI=1S/C15H12N2/c1-12-3-2-4-15(9-12)17-11-14-7-5-13(10-16)6-8-14/h2-9,11H,1H3/b17-11+. The molecule has 2 aromatic carbocycles. The Bertz CT molecular complexity index is 575. The smallest absolute Gasteiger partial charge is 0.0991 e. The number of hydrogen-bond donors (Lipinski definition) is 0. The van der Waals surface area contributed by atoms with Crippen molar-refractivity contribution in [2.75, 3.05) is 0 Å². The topological polar surface area (TPSA) is 36.1 Å². The molecule has 0 fully saturated rings. The number of rotatable bonds is 2. The number of hydrogen-bond acceptors (Lipinski definition) is 2. The van der Waals surface area contributed by atoms with Crippen LogP contribution in [0.15, 0.2) is 53.5 Å². The minimum absolute atomic E-state index is 0.665. The van der Waals surface area contributed by atoms with Crippen molar-refractivity contribution in [3.8, 4) is 6.07 Å². The molecule has 2 nitrogen and oxygen atoms in total. The van der Waals surface area contributed by atoms with Gasteiger partial charge in [0.15, 0.2) is 0 Å².